The molecule has 2 fully saturated rings. The smallest absolute Gasteiger partial charge is 0.410 e. The molecule has 2 aromatic heterocycles. The van der Waals surface area contributed by atoms with Crippen LogP contribution in [0.4, 0.5) is 9.59 Å². The van der Waals surface area contributed by atoms with Crippen molar-refractivity contribution in [3.63, 3.8) is 0 Å². The van der Waals surface area contributed by atoms with E-state index in [2.05, 4.69) is 78.0 Å². The first kappa shape index (κ1) is 34.6. The van der Waals surface area contributed by atoms with Crippen molar-refractivity contribution in [2.75, 3.05) is 13.1 Å². The molecule has 10 heteroatoms. The van der Waals surface area contributed by atoms with Crippen LogP contribution in [0.5, 0.6) is 0 Å². The number of aromatic nitrogens is 4. The fourth-order valence-corrected chi connectivity index (χ4v) is 7.55. The van der Waals surface area contributed by atoms with Gasteiger partial charge in [0.2, 0.25) is 0 Å². The summed E-state index contributed by atoms with van der Waals surface area (Å²) in [5.74, 6) is 2.39. The van der Waals surface area contributed by atoms with Crippen molar-refractivity contribution in [1.29, 1.82) is 0 Å². The number of hydrogen-bond acceptors (Lipinski definition) is 6. The molecule has 2 aliphatic rings. The summed E-state index contributed by atoms with van der Waals surface area (Å²) >= 11 is 0. The highest BCUT2D eigenvalue weighted by molar-refractivity contribution is 5.85. The molecule has 0 unspecified atom stereocenters. The van der Waals surface area contributed by atoms with Crippen LogP contribution in [-0.4, -0.2) is 65.8 Å². The Bertz CT molecular complexity index is 2100. The number of carbonyl (C=O) groups is 2. The third-order valence-corrected chi connectivity index (χ3v) is 9.86. The standard InChI is InChI=1S/C41H50N6O4/c1-24-18-34(46(22-24)38(48)50-40(3,4)5)36-42-30-16-14-28(20-32(30)43-36)26-10-12-27(13-11-26)29-15-17-31-33(21-29)45(9)37(44-31)35-19-25(2)23-47(35)39(49)51-41(6,7)8/h10-17,20-21,24-25,34-35H,18-19,22-23H2,1-9H3,(H,42,43)/t24-,25-,34-,35-/m0/s1. The van der Waals surface area contributed by atoms with Crippen molar-refractivity contribution in [3.8, 4) is 22.3 Å². The van der Waals surface area contributed by atoms with Gasteiger partial charge in [-0.05, 0) is 113 Å². The van der Waals surface area contributed by atoms with Gasteiger partial charge in [-0.3, -0.25) is 9.80 Å². The van der Waals surface area contributed by atoms with E-state index in [4.69, 9.17) is 19.4 Å². The molecular weight excluding hydrogens is 640 g/mol. The van der Waals surface area contributed by atoms with E-state index in [1.54, 1.807) is 0 Å². The Balaban J connectivity index is 1.11. The van der Waals surface area contributed by atoms with Crippen molar-refractivity contribution in [3.05, 3.63) is 72.3 Å². The van der Waals surface area contributed by atoms with Crippen molar-refractivity contribution in [1.82, 2.24) is 29.3 Å². The molecule has 2 amide bonds. The monoisotopic (exact) mass is 690 g/mol. The average Bonchev–Trinajstić information content (AvgIpc) is 3.83. The number of nitrogens with one attached hydrogen (secondary N) is 1. The van der Waals surface area contributed by atoms with Gasteiger partial charge in [0.05, 0.1) is 34.2 Å². The molecule has 0 bridgehead atoms. The normalized spacial score (nSPS) is 21.2. The number of amides is 2. The molecule has 0 aliphatic carbocycles. The van der Waals surface area contributed by atoms with E-state index < -0.39 is 11.2 Å². The molecule has 51 heavy (non-hydrogen) atoms. The molecule has 0 radical (unpaired) electrons. The van der Waals surface area contributed by atoms with Gasteiger partial charge in [0.15, 0.2) is 0 Å². The maximum absolute atomic E-state index is 13.1. The lowest BCUT2D eigenvalue weighted by Crippen LogP contribution is -2.37. The number of imidazole rings is 2. The summed E-state index contributed by atoms with van der Waals surface area (Å²) in [5, 5.41) is 0. The van der Waals surface area contributed by atoms with Crippen molar-refractivity contribution >= 4 is 34.3 Å². The number of nitrogens with zero attached hydrogens (tertiary/aromatic N) is 5. The van der Waals surface area contributed by atoms with E-state index in [1.165, 1.54) is 0 Å². The van der Waals surface area contributed by atoms with Gasteiger partial charge in [-0.1, -0.05) is 50.2 Å². The highest BCUT2D eigenvalue weighted by atomic mass is 16.6. The number of rotatable bonds is 4. The molecule has 4 atom stereocenters. The Hall–Kier alpha value is -4.86. The van der Waals surface area contributed by atoms with Gasteiger partial charge in [0.25, 0.3) is 0 Å². The molecule has 2 saturated heterocycles. The van der Waals surface area contributed by atoms with E-state index in [-0.39, 0.29) is 24.3 Å². The molecular formula is C41H50N6O4. The first-order valence-electron chi connectivity index (χ1n) is 18.1. The minimum atomic E-state index is -0.555. The Labute approximate surface area is 300 Å². The zero-order valence-corrected chi connectivity index (χ0v) is 31.3. The van der Waals surface area contributed by atoms with E-state index in [1.807, 2.05) is 64.5 Å². The number of carbonyl (C=O) groups excluding carboxylic acids is 2. The fourth-order valence-electron chi connectivity index (χ4n) is 7.55. The van der Waals surface area contributed by atoms with Gasteiger partial charge in [0.1, 0.15) is 22.9 Å². The Kier molecular flexibility index (Phi) is 8.63. The van der Waals surface area contributed by atoms with E-state index in [9.17, 15) is 9.59 Å². The van der Waals surface area contributed by atoms with E-state index in [0.717, 1.165) is 68.8 Å². The summed E-state index contributed by atoms with van der Waals surface area (Å²) < 4.78 is 13.6. The number of ether oxygens (including phenoxy) is 2. The molecule has 3 aromatic carbocycles. The minimum absolute atomic E-state index is 0.135. The zero-order valence-electron chi connectivity index (χ0n) is 31.3. The molecule has 7 rings (SSSR count). The predicted octanol–water partition coefficient (Wildman–Crippen LogP) is 9.42. The summed E-state index contributed by atoms with van der Waals surface area (Å²) in [7, 11) is 2.03. The largest absolute Gasteiger partial charge is 0.444 e. The second kappa shape index (κ2) is 12.7. The minimum Gasteiger partial charge on any atom is -0.444 e. The Morgan fingerprint density at radius 2 is 1.18 bits per heavy atom. The van der Waals surface area contributed by atoms with Crippen LogP contribution in [-0.2, 0) is 16.5 Å². The highest BCUT2D eigenvalue weighted by Gasteiger charge is 2.40. The van der Waals surface area contributed by atoms with Gasteiger partial charge in [-0.15, -0.1) is 0 Å². The van der Waals surface area contributed by atoms with Crippen LogP contribution in [0.1, 0.15) is 92.0 Å². The van der Waals surface area contributed by atoms with Crippen LogP contribution in [0, 0.1) is 11.8 Å². The lowest BCUT2D eigenvalue weighted by molar-refractivity contribution is 0.0203. The molecule has 4 heterocycles. The summed E-state index contributed by atoms with van der Waals surface area (Å²) in [4.78, 5) is 43.2. The maximum atomic E-state index is 13.1. The van der Waals surface area contributed by atoms with Crippen LogP contribution in [0.2, 0.25) is 0 Å². The van der Waals surface area contributed by atoms with Gasteiger partial charge < -0.3 is 19.0 Å². The van der Waals surface area contributed by atoms with Crippen molar-refractivity contribution in [2.45, 2.75) is 91.5 Å². The SMILES string of the molecule is C[C@H]1C[C@@H](c2nc3ccc(-c4ccc(-c5ccc6nc([C@@H]7C[C@H](C)CN7C(=O)OC(C)(C)C)n(C)c6c5)cc4)cc3[nH]2)N(C(=O)OC(C)(C)C)C1. The molecule has 1 N–H and O–H groups in total. The molecule has 0 spiro atoms. The summed E-state index contributed by atoms with van der Waals surface area (Å²) in [6.07, 6.45) is 1.10. The van der Waals surface area contributed by atoms with Gasteiger partial charge in [0, 0.05) is 20.1 Å². The topological polar surface area (TPSA) is 106 Å². The maximum Gasteiger partial charge on any atom is 0.410 e. The second-order valence-electron chi connectivity index (χ2n) is 16.6. The predicted molar refractivity (Wildman–Crippen MR) is 200 cm³/mol. The summed E-state index contributed by atoms with van der Waals surface area (Å²) in [5.41, 5.74) is 7.03. The van der Waals surface area contributed by atoms with Crippen LogP contribution >= 0.6 is 0 Å². The molecule has 268 valence electrons. The van der Waals surface area contributed by atoms with Crippen LogP contribution < -0.4 is 0 Å². The quantitative estimate of drug-likeness (QED) is 0.201. The lowest BCUT2D eigenvalue weighted by atomic mass is 10.00. The zero-order chi connectivity index (χ0) is 36.4. The van der Waals surface area contributed by atoms with E-state index in [0.29, 0.717) is 24.9 Å². The number of H-pyrrole nitrogens is 1. The van der Waals surface area contributed by atoms with Crippen molar-refractivity contribution < 1.29 is 19.1 Å². The fraction of sp³-hybridized carbons (Fsp3) is 0.463. The number of fused-ring (bicyclic) bond motifs is 2. The van der Waals surface area contributed by atoms with Crippen LogP contribution in [0.25, 0.3) is 44.3 Å². The second-order valence-corrected chi connectivity index (χ2v) is 16.6. The molecule has 5 aromatic rings. The van der Waals surface area contributed by atoms with Gasteiger partial charge >= 0.3 is 12.2 Å². The van der Waals surface area contributed by atoms with Gasteiger partial charge in [-0.2, -0.15) is 0 Å². The number of hydrogen-bond donors (Lipinski definition) is 1. The molecule has 10 nitrogen and oxygen atoms in total. The molecule has 0 saturated carbocycles. The first-order valence-corrected chi connectivity index (χ1v) is 18.1. The third-order valence-electron chi connectivity index (χ3n) is 9.86. The van der Waals surface area contributed by atoms with Crippen LogP contribution in [0.3, 0.4) is 0 Å². The van der Waals surface area contributed by atoms with E-state index >= 15 is 0 Å². The number of aromatic amines is 1. The highest BCUT2D eigenvalue weighted by Crippen LogP contribution is 2.39. The van der Waals surface area contributed by atoms with Crippen molar-refractivity contribution in [2.24, 2.45) is 18.9 Å². The Morgan fingerprint density at radius 3 is 1.75 bits per heavy atom. The number of aryl methyl sites for hydroxylation is 1. The summed E-state index contributed by atoms with van der Waals surface area (Å²) in [6.45, 7) is 17.0. The average molecular weight is 691 g/mol. The first-order chi connectivity index (χ1) is 24.0. The lowest BCUT2D eigenvalue weighted by Gasteiger charge is -2.28. The third kappa shape index (κ3) is 7.05. The summed E-state index contributed by atoms with van der Waals surface area (Å²) in [6, 6.07) is 20.9. The number of likely N-dealkylation sites (tertiary alicyclic amines) is 2. The molecule has 2 aliphatic heterocycles. The Morgan fingerprint density at radius 1 is 0.686 bits per heavy atom. The number of benzene rings is 3. The van der Waals surface area contributed by atoms with Crippen LogP contribution in [0.15, 0.2) is 60.7 Å². The van der Waals surface area contributed by atoms with Gasteiger partial charge in [-0.25, -0.2) is 19.6 Å².